The van der Waals surface area contributed by atoms with Gasteiger partial charge in [-0.05, 0) is 18.4 Å². The number of benzene rings is 1. The molecule has 0 radical (unpaired) electrons. The molecule has 1 saturated heterocycles. The van der Waals surface area contributed by atoms with Crippen LogP contribution in [-0.2, 0) is 16.1 Å². The summed E-state index contributed by atoms with van der Waals surface area (Å²) in [7, 11) is 0. The number of hydrogen-bond acceptors (Lipinski definition) is 4. The smallest absolute Gasteiger partial charge is 0.410 e. The molecule has 2 atom stereocenters. The number of aliphatic hydroxyl groups excluding tert-OH is 1. The van der Waals surface area contributed by atoms with Crippen LogP contribution in [0.5, 0.6) is 0 Å². The summed E-state index contributed by atoms with van der Waals surface area (Å²) in [5.74, 6) is -1.32. The summed E-state index contributed by atoms with van der Waals surface area (Å²) < 4.78 is 5.16. The average Bonchev–Trinajstić information content (AvgIpc) is 2.94. The van der Waals surface area contributed by atoms with Gasteiger partial charge in [0.25, 0.3) is 0 Å². The lowest BCUT2D eigenvalue weighted by Crippen LogP contribution is -2.46. The topological polar surface area (TPSA) is 87.1 Å². The second-order valence-electron chi connectivity index (χ2n) is 4.73. The Morgan fingerprint density at radius 3 is 2.70 bits per heavy atom. The number of aliphatic hydroxyl groups is 1. The third-order valence-corrected chi connectivity index (χ3v) is 3.36. The summed E-state index contributed by atoms with van der Waals surface area (Å²) in [6.45, 7) is 0.536. The Bertz CT molecular complexity index is 476. The van der Waals surface area contributed by atoms with E-state index in [0.717, 1.165) is 5.56 Å². The van der Waals surface area contributed by atoms with Gasteiger partial charge in [-0.25, -0.2) is 9.59 Å². The van der Waals surface area contributed by atoms with Crippen molar-refractivity contribution in [1.82, 2.24) is 4.90 Å². The highest BCUT2D eigenvalue weighted by molar-refractivity contribution is 5.75. The first-order valence-electron chi connectivity index (χ1n) is 6.48. The lowest BCUT2D eigenvalue weighted by Gasteiger charge is -2.25. The second-order valence-corrected chi connectivity index (χ2v) is 4.73. The van der Waals surface area contributed by atoms with Crippen molar-refractivity contribution in [3.63, 3.8) is 0 Å². The van der Waals surface area contributed by atoms with Crippen LogP contribution in [0.4, 0.5) is 4.79 Å². The highest BCUT2D eigenvalue weighted by Crippen LogP contribution is 2.21. The molecule has 0 bridgehead atoms. The molecular weight excluding hydrogens is 262 g/mol. The van der Waals surface area contributed by atoms with Crippen molar-refractivity contribution in [3.05, 3.63) is 35.9 Å². The van der Waals surface area contributed by atoms with Gasteiger partial charge in [-0.15, -0.1) is 0 Å². The fraction of sp³-hybridized carbons (Fsp3) is 0.429. The van der Waals surface area contributed by atoms with E-state index in [1.54, 1.807) is 0 Å². The fourth-order valence-electron chi connectivity index (χ4n) is 2.31. The Kier molecular flexibility index (Phi) is 4.57. The third kappa shape index (κ3) is 3.27. The van der Waals surface area contributed by atoms with E-state index in [9.17, 15) is 14.7 Å². The molecule has 2 rings (SSSR count). The number of hydrogen-bond donors (Lipinski definition) is 2. The van der Waals surface area contributed by atoms with Gasteiger partial charge < -0.3 is 19.8 Å². The van der Waals surface area contributed by atoms with Crippen LogP contribution in [-0.4, -0.2) is 45.9 Å². The van der Waals surface area contributed by atoms with Gasteiger partial charge in [-0.2, -0.15) is 0 Å². The van der Waals surface area contributed by atoms with Gasteiger partial charge >= 0.3 is 12.1 Å². The molecule has 1 amide bonds. The van der Waals surface area contributed by atoms with Crippen LogP contribution in [0.3, 0.4) is 0 Å². The number of rotatable bonds is 4. The van der Waals surface area contributed by atoms with Crippen LogP contribution in [0.2, 0.25) is 0 Å². The zero-order chi connectivity index (χ0) is 14.5. The number of carboxylic acid groups (broad SMARTS) is 1. The van der Waals surface area contributed by atoms with Crippen molar-refractivity contribution >= 4 is 12.1 Å². The van der Waals surface area contributed by atoms with Crippen LogP contribution in [0, 0.1) is 0 Å². The van der Waals surface area contributed by atoms with Crippen molar-refractivity contribution in [2.75, 3.05) is 6.54 Å². The van der Waals surface area contributed by atoms with Gasteiger partial charge in [0.1, 0.15) is 6.61 Å². The number of carboxylic acids is 1. The maximum atomic E-state index is 12.0. The Hall–Kier alpha value is -2.08. The Morgan fingerprint density at radius 1 is 1.35 bits per heavy atom. The van der Waals surface area contributed by atoms with Crippen molar-refractivity contribution in [2.45, 2.75) is 31.6 Å². The maximum Gasteiger partial charge on any atom is 0.410 e. The highest BCUT2D eigenvalue weighted by Gasteiger charge is 2.38. The minimum atomic E-state index is -1.57. The number of carbonyl (C=O) groups excluding carboxylic acids is 1. The van der Waals surface area contributed by atoms with Gasteiger partial charge in [0.2, 0.25) is 0 Å². The molecule has 6 nitrogen and oxygen atoms in total. The SMILES string of the molecule is O=C(O)[C@@H](O)[C@@H]1CCCN1C(=O)OCc1ccccc1. The van der Waals surface area contributed by atoms with E-state index in [0.29, 0.717) is 19.4 Å². The number of nitrogens with zero attached hydrogens (tertiary/aromatic N) is 1. The molecule has 2 N–H and O–H groups in total. The third-order valence-electron chi connectivity index (χ3n) is 3.36. The molecule has 6 heteroatoms. The number of likely N-dealkylation sites (tertiary alicyclic amines) is 1. The summed E-state index contributed by atoms with van der Waals surface area (Å²) >= 11 is 0. The van der Waals surface area contributed by atoms with E-state index in [1.807, 2.05) is 30.3 Å². The lowest BCUT2D eigenvalue weighted by molar-refractivity contribution is -0.149. The van der Waals surface area contributed by atoms with Crippen LogP contribution >= 0.6 is 0 Å². The average molecular weight is 279 g/mol. The van der Waals surface area contributed by atoms with Crippen LogP contribution < -0.4 is 0 Å². The van der Waals surface area contributed by atoms with E-state index in [-0.39, 0.29) is 6.61 Å². The Morgan fingerprint density at radius 2 is 2.05 bits per heavy atom. The molecule has 1 aliphatic heterocycles. The molecule has 0 spiro atoms. The normalized spacial score (nSPS) is 19.6. The molecule has 1 heterocycles. The second kappa shape index (κ2) is 6.38. The van der Waals surface area contributed by atoms with Gasteiger partial charge in [0.15, 0.2) is 6.10 Å². The van der Waals surface area contributed by atoms with Gasteiger partial charge in [-0.1, -0.05) is 30.3 Å². The molecule has 108 valence electrons. The van der Waals surface area contributed by atoms with Crippen molar-refractivity contribution < 1.29 is 24.5 Å². The minimum Gasteiger partial charge on any atom is -0.479 e. The summed E-state index contributed by atoms with van der Waals surface area (Å²) in [5.41, 5.74) is 0.857. The first-order valence-corrected chi connectivity index (χ1v) is 6.48. The molecule has 0 aromatic heterocycles. The maximum absolute atomic E-state index is 12.0. The first kappa shape index (κ1) is 14.3. The fourth-order valence-corrected chi connectivity index (χ4v) is 2.31. The standard InChI is InChI=1S/C14H17NO5/c16-12(13(17)18)11-7-4-8-15(11)14(19)20-9-10-5-2-1-3-6-10/h1-3,5-6,11-12,16H,4,7-9H2,(H,17,18)/t11-,12-/m0/s1. The van der Waals surface area contributed by atoms with Gasteiger partial charge in [0, 0.05) is 6.54 Å². The van der Waals surface area contributed by atoms with Crippen molar-refractivity contribution in [2.24, 2.45) is 0 Å². The Balaban J connectivity index is 1.93. The Labute approximate surface area is 116 Å². The minimum absolute atomic E-state index is 0.131. The number of carbonyl (C=O) groups is 2. The van der Waals surface area contributed by atoms with Crippen LogP contribution in [0.1, 0.15) is 18.4 Å². The molecule has 0 saturated carbocycles. The van der Waals surface area contributed by atoms with E-state index >= 15 is 0 Å². The molecule has 20 heavy (non-hydrogen) atoms. The zero-order valence-corrected chi connectivity index (χ0v) is 10.9. The van der Waals surface area contributed by atoms with E-state index in [1.165, 1.54) is 4.90 Å². The molecule has 1 aliphatic rings. The number of ether oxygens (including phenoxy) is 1. The molecule has 1 aromatic rings. The zero-order valence-electron chi connectivity index (χ0n) is 10.9. The van der Waals surface area contributed by atoms with Crippen LogP contribution in [0.15, 0.2) is 30.3 Å². The van der Waals surface area contributed by atoms with E-state index < -0.39 is 24.2 Å². The summed E-state index contributed by atoms with van der Waals surface area (Å²) in [4.78, 5) is 24.1. The van der Waals surface area contributed by atoms with E-state index in [4.69, 9.17) is 9.84 Å². The molecule has 1 fully saturated rings. The van der Waals surface area contributed by atoms with E-state index in [2.05, 4.69) is 0 Å². The molecule has 0 unspecified atom stereocenters. The number of amides is 1. The van der Waals surface area contributed by atoms with Crippen molar-refractivity contribution in [3.8, 4) is 0 Å². The summed E-state index contributed by atoms with van der Waals surface area (Å²) in [5, 5.41) is 18.4. The van der Waals surface area contributed by atoms with Gasteiger partial charge in [0.05, 0.1) is 6.04 Å². The summed E-state index contributed by atoms with van der Waals surface area (Å²) in [6.07, 6.45) is -1.03. The van der Waals surface area contributed by atoms with Crippen molar-refractivity contribution in [1.29, 1.82) is 0 Å². The monoisotopic (exact) mass is 279 g/mol. The molecule has 0 aliphatic carbocycles. The van der Waals surface area contributed by atoms with Crippen LogP contribution in [0.25, 0.3) is 0 Å². The molecule has 1 aromatic carbocycles. The summed E-state index contributed by atoms with van der Waals surface area (Å²) in [6, 6.07) is 8.51. The lowest BCUT2D eigenvalue weighted by atomic mass is 10.1. The first-order chi connectivity index (χ1) is 9.59. The largest absolute Gasteiger partial charge is 0.479 e. The predicted molar refractivity (Wildman–Crippen MR) is 70.0 cm³/mol. The predicted octanol–water partition coefficient (Wildman–Crippen LogP) is 1.23. The quantitative estimate of drug-likeness (QED) is 0.865. The highest BCUT2D eigenvalue weighted by atomic mass is 16.6. The van der Waals surface area contributed by atoms with Gasteiger partial charge in [-0.3, -0.25) is 0 Å². The molecular formula is C14H17NO5. The number of aliphatic carboxylic acids is 1.